The molecular formula is C15H19N. The molecule has 0 unspecified atom stereocenters. The van der Waals surface area contributed by atoms with Gasteiger partial charge >= 0.3 is 0 Å². The molecule has 0 heterocycles. The average Bonchev–Trinajstić information content (AvgIpc) is 2.23. The lowest BCUT2D eigenvalue weighted by molar-refractivity contribution is 0.587. The lowest BCUT2D eigenvalue weighted by Crippen LogP contribution is -2.08. The Morgan fingerprint density at radius 3 is 2.25 bits per heavy atom. The number of allylic oxidation sites excluding steroid dienone is 3. The molecular weight excluding hydrogens is 194 g/mol. The number of benzene rings is 1. The standard InChI is InChI=1S/C15H19N/c1-15(2,3)16-13-9-5-8-12-14-10-6-4-7-11-14/h4-13H,1-3H3/b9-5+,12-8+,16-13?. The number of hydrogen-bond acceptors (Lipinski definition) is 1. The van der Waals surface area contributed by atoms with E-state index in [0.717, 1.165) is 0 Å². The van der Waals surface area contributed by atoms with Gasteiger partial charge in [-0.1, -0.05) is 48.6 Å². The van der Waals surface area contributed by atoms with Crippen LogP contribution in [0.5, 0.6) is 0 Å². The van der Waals surface area contributed by atoms with Gasteiger partial charge in [0.25, 0.3) is 0 Å². The summed E-state index contributed by atoms with van der Waals surface area (Å²) in [7, 11) is 0. The number of rotatable bonds is 3. The van der Waals surface area contributed by atoms with Crippen LogP contribution < -0.4 is 0 Å². The molecule has 0 N–H and O–H groups in total. The fourth-order valence-electron chi connectivity index (χ4n) is 1.11. The van der Waals surface area contributed by atoms with Gasteiger partial charge in [0.05, 0.1) is 5.54 Å². The quantitative estimate of drug-likeness (QED) is 0.529. The Labute approximate surface area is 98.2 Å². The molecule has 0 saturated carbocycles. The molecule has 0 amide bonds. The first-order chi connectivity index (χ1) is 7.58. The van der Waals surface area contributed by atoms with E-state index in [-0.39, 0.29) is 5.54 Å². The third-order valence-corrected chi connectivity index (χ3v) is 1.86. The van der Waals surface area contributed by atoms with Crippen LogP contribution >= 0.6 is 0 Å². The largest absolute Gasteiger partial charge is 0.287 e. The van der Waals surface area contributed by atoms with Gasteiger partial charge in [-0.3, -0.25) is 4.99 Å². The molecule has 0 aliphatic rings. The van der Waals surface area contributed by atoms with Crippen LogP contribution in [0.15, 0.2) is 53.6 Å². The second kappa shape index (κ2) is 6.06. The molecule has 84 valence electrons. The van der Waals surface area contributed by atoms with E-state index < -0.39 is 0 Å². The van der Waals surface area contributed by atoms with E-state index in [1.165, 1.54) is 5.56 Å². The maximum absolute atomic E-state index is 4.36. The second-order valence-electron chi connectivity index (χ2n) is 4.60. The fraction of sp³-hybridized carbons (Fsp3) is 0.267. The second-order valence-corrected chi connectivity index (χ2v) is 4.60. The summed E-state index contributed by atoms with van der Waals surface area (Å²) in [5.74, 6) is 0. The molecule has 1 heteroatoms. The smallest absolute Gasteiger partial charge is 0.0524 e. The van der Waals surface area contributed by atoms with Gasteiger partial charge in [-0.25, -0.2) is 0 Å². The molecule has 16 heavy (non-hydrogen) atoms. The van der Waals surface area contributed by atoms with Gasteiger partial charge in [0.15, 0.2) is 0 Å². The molecule has 1 nitrogen and oxygen atoms in total. The lowest BCUT2D eigenvalue weighted by Gasteiger charge is -2.09. The topological polar surface area (TPSA) is 12.4 Å². The van der Waals surface area contributed by atoms with Gasteiger partial charge in [-0.2, -0.15) is 0 Å². The van der Waals surface area contributed by atoms with Crippen LogP contribution in [0.3, 0.4) is 0 Å². The van der Waals surface area contributed by atoms with E-state index >= 15 is 0 Å². The molecule has 1 rings (SSSR count). The van der Waals surface area contributed by atoms with Crippen LogP contribution in [0.4, 0.5) is 0 Å². The molecule has 0 bridgehead atoms. The van der Waals surface area contributed by atoms with Crippen molar-refractivity contribution in [1.82, 2.24) is 0 Å². The first-order valence-corrected chi connectivity index (χ1v) is 5.51. The van der Waals surface area contributed by atoms with E-state index in [0.29, 0.717) is 0 Å². The van der Waals surface area contributed by atoms with Crippen molar-refractivity contribution in [3.05, 3.63) is 54.1 Å². The highest BCUT2D eigenvalue weighted by Crippen LogP contribution is 2.04. The Morgan fingerprint density at radius 1 is 0.938 bits per heavy atom. The van der Waals surface area contributed by atoms with E-state index in [2.05, 4.69) is 44.0 Å². The van der Waals surface area contributed by atoms with Crippen LogP contribution in [-0.2, 0) is 0 Å². The Morgan fingerprint density at radius 2 is 1.62 bits per heavy atom. The molecule has 1 aromatic rings. The van der Waals surface area contributed by atoms with Crippen LogP contribution in [0.25, 0.3) is 6.08 Å². The minimum absolute atomic E-state index is 0.00742. The Bertz CT molecular complexity index is 378. The minimum Gasteiger partial charge on any atom is -0.287 e. The third-order valence-electron chi connectivity index (χ3n) is 1.86. The fourth-order valence-corrected chi connectivity index (χ4v) is 1.11. The van der Waals surface area contributed by atoms with Crippen LogP contribution in [-0.4, -0.2) is 11.8 Å². The zero-order valence-electron chi connectivity index (χ0n) is 10.2. The normalized spacial score (nSPS) is 13.2. The van der Waals surface area contributed by atoms with Crippen molar-refractivity contribution in [2.75, 3.05) is 0 Å². The molecule has 0 fully saturated rings. The molecule has 0 aliphatic heterocycles. The minimum atomic E-state index is 0.00742. The maximum atomic E-state index is 4.36. The van der Waals surface area contributed by atoms with Crippen molar-refractivity contribution >= 4 is 12.3 Å². The van der Waals surface area contributed by atoms with Gasteiger partial charge in [0.1, 0.15) is 0 Å². The van der Waals surface area contributed by atoms with E-state index in [4.69, 9.17) is 0 Å². The van der Waals surface area contributed by atoms with Crippen LogP contribution in [0.2, 0.25) is 0 Å². The summed E-state index contributed by atoms with van der Waals surface area (Å²) in [5, 5.41) is 0. The first-order valence-electron chi connectivity index (χ1n) is 5.51. The lowest BCUT2D eigenvalue weighted by atomic mass is 10.1. The van der Waals surface area contributed by atoms with Crippen LogP contribution in [0.1, 0.15) is 26.3 Å². The highest BCUT2D eigenvalue weighted by molar-refractivity contribution is 5.72. The van der Waals surface area contributed by atoms with E-state index in [1.54, 1.807) is 0 Å². The van der Waals surface area contributed by atoms with Crippen molar-refractivity contribution in [2.24, 2.45) is 4.99 Å². The molecule has 0 atom stereocenters. The Hall–Kier alpha value is -1.63. The Balaban J connectivity index is 2.44. The summed E-state index contributed by atoms with van der Waals surface area (Å²) in [5.41, 5.74) is 1.22. The average molecular weight is 213 g/mol. The summed E-state index contributed by atoms with van der Waals surface area (Å²) >= 11 is 0. The summed E-state index contributed by atoms with van der Waals surface area (Å²) in [6, 6.07) is 10.2. The zero-order valence-corrected chi connectivity index (χ0v) is 10.2. The third kappa shape index (κ3) is 5.97. The van der Waals surface area contributed by atoms with Gasteiger partial charge in [0.2, 0.25) is 0 Å². The summed E-state index contributed by atoms with van der Waals surface area (Å²) in [4.78, 5) is 4.36. The molecule has 0 spiro atoms. The van der Waals surface area contributed by atoms with Gasteiger partial charge < -0.3 is 0 Å². The number of hydrogen-bond donors (Lipinski definition) is 0. The van der Waals surface area contributed by atoms with Crippen molar-refractivity contribution in [3.8, 4) is 0 Å². The maximum Gasteiger partial charge on any atom is 0.0524 e. The number of nitrogens with zero attached hydrogens (tertiary/aromatic N) is 1. The highest BCUT2D eigenvalue weighted by atomic mass is 14.8. The van der Waals surface area contributed by atoms with Gasteiger partial charge in [-0.05, 0) is 32.4 Å². The molecule has 0 aliphatic carbocycles. The molecule has 0 aromatic heterocycles. The van der Waals surface area contributed by atoms with E-state index in [1.807, 2.05) is 42.6 Å². The predicted octanol–water partition coefficient (Wildman–Crippen LogP) is 4.13. The monoisotopic (exact) mass is 213 g/mol. The van der Waals surface area contributed by atoms with Gasteiger partial charge in [0, 0.05) is 6.21 Å². The zero-order chi connectivity index (χ0) is 11.9. The van der Waals surface area contributed by atoms with Crippen LogP contribution in [0, 0.1) is 0 Å². The molecule has 0 saturated heterocycles. The van der Waals surface area contributed by atoms with Crippen molar-refractivity contribution in [1.29, 1.82) is 0 Å². The number of aliphatic imine (C=N–C) groups is 1. The summed E-state index contributed by atoms with van der Waals surface area (Å²) in [6.45, 7) is 6.24. The summed E-state index contributed by atoms with van der Waals surface area (Å²) < 4.78 is 0. The molecule has 0 radical (unpaired) electrons. The first kappa shape index (κ1) is 12.4. The predicted molar refractivity (Wildman–Crippen MR) is 72.9 cm³/mol. The van der Waals surface area contributed by atoms with Crippen molar-refractivity contribution < 1.29 is 0 Å². The SMILES string of the molecule is CC(C)(C)N=C/C=C/C=C/c1ccccc1. The van der Waals surface area contributed by atoms with Gasteiger partial charge in [-0.15, -0.1) is 0 Å². The van der Waals surface area contributed by atoms with Crippen molar-refractivity contribution in [3.63, 3.8) is 0 Å². The van der Waals surface area contributed by atoms with Crippen molar-refractivity contribution in [2.45, 2.75) is 26.3 Å². The van der Waals surface area contributed by atoms with E-state index in [9.17, 15) is 0 Å². The molecule has 1 aromatic carbocycles. The Kier molecular flexibility index (Phi) is 4.71. The summed E-state index contributed by atoms with van der Waals surface area (Å²) in [6.07, 6.45) is 9.87. The highest BCUT2D eigenvalue weighted by Gasteiger charge is 2.02.